The number of rotatable bonds is 8. The molecule has 3 heterocycles. The molecule has 4 rings (SSSR count). The van der Waals surface area contributed by atoms with E-state index in [1.165, 1.54) is 28.2 Å². The lowest BCUT2D eigenvalue weighted by atomic mass is 10.2. The quantitative estimate of drug-likeness (QED) is 0.542. The predicted octanol–water partition coefficient (Wildman–Crippen LogP) is 2.64. The number of aromatic nitrogens is 3. The van der Waals surface area contributed by atoms with Gasteiger partial charge in [-0.05, 0) is 32.0 Å². The summed E-state index contributed by atoms with van der Waals surface area (Å²) in [5.41, 5.74) is 0.739. The van der Waals surface area contributed by atoms with E-state index in [0.29, 0.717) is 17.4 Å². The second-order valence-corrected chi connectivity index (χ2v) is 8.85. The molecule has 2 aromatic heterocycles. The average Bonchev–Trinajstić information content (AvgIpc) is 3.21. The Bertz CT molecular complexity index is 1120. The summed E-state index contributed by atoms with van der Waals surface area (Å²) >= 11 is 1.36. The molecule has 0 radical (unpaired) electrons. The Kier molecular flexibility index (Phi) is 7.48. The van der Waals surface area contributed by atoms with Crippen molar-refractivity contribution < 1.29 is 14.3 Å². The van der Waals surface area contributed by atoms with Crippen molar-refractivity contribution in [2.75, 3.05) is 25.0 Å². The summed E-state index contributed by atoms with van der Waals surface area (Å²) < 4.78 is 12.6. The minimum atomic E-state index is -0.415. The minimum Gasteiger partial charge on any atom is -0.492 e. The fourth-order valence-electron chi connectivity index (χ4n) is 3.74. The van der Waals surface area contributed by atoms with Gasteiger partial charge in [-0.1, -0.05) is 18.2 Å². The van der Waals surface area contributed by atoms with Crippen LogP contribution in [0, 0.1) is 0 Å². The summed E-state index contributed by atoms with van der Waals surface area (Å²) in [5.74, 6) is 0.294. The number of para-hydroxylation sites is 1. The van der Waals surface area contributed by atoms with Crippen LogP contribution in [0.3, 0.4) is 0 Å². The van der Waals surface area contributed by atoms with Gasteiger partial charge >= 0.3 is 0 Å². The van der Waals surface area contributed by atoms with Gasteiger partial charge in [-0.3, -0.25) is 19.8 Å². The van der Waals surface area contributed by atoms with Gasteiger partial charge in [-0.2, -0.15) is 5.10 Å². The van der Waals surface area contributed by atoms with Crippen LogP contribution >= 0.6 is 11.3 Å². The van der Waals surface area contributed by atoms with Gasteiger partial charge < -0.3 is 9.47 Å². The van der Waals surface area contributed by atoms with Gasteiger partial charge in [0.25, 0.3) is 11.5 Å². The van der Waals surface area contributed by atoms with Gasteiger partial charge in [0.1, 0.15) is 18.1 Å². The summed E-state index contributed by atoms with van der Waals surface area (Å²) in [6.45, 7) is 7.02. The normalized spacial score (nSPS) is 18.7. The highest BCUT2D eigenvalue weighted by atomic mass is 32.1. The van der Waals surface area contributed by atoms with Gasteiger partial charge in [-0.25, -0.2) is 9.67 Å². The third-order valence-electron chi connectivity index (χ3n) is 5.07. The highest BCUT2D eigenvalue weighted by Gasteiger charge is 2.23. The summed E-state index contributed by atoms with van der Waals surface area (Å²) in [6, 6.07) is 12.1. The standard InChI is InChI=1S/C23H27N5O4S/c1-16-12-27(13-17(2)32-16)14-18-15-33-23(24-18)25-22(30)20-8-9-21(29)28(26-20)10-11-31-19-6-4-3-5-7-19/h3-9,15-17H,10-14H2,1-2H3,(H,24,25,30)/t16-,17-/m0/s1. The van der Waals surface area contributed by atoms with Crippen LogP contribution in [0.15, 0.2) is 52.6 Å². The molecule has 1 fully saturated rings. The average molecular weight is 470 g/mol. The van der Waals surface area contributed by atoms with E-state index in [2.05, 4.69) is 34.1 Å². The first kappa shape index (κ1) is 23.1. The fraction of sp³-hybridized carbons (Fsp3) is 0.391. The summed E-state index contributed by atoms with van der Waals surface area (Å²) in [7, 11) is 0. The molecule has 1 aliphatic heterocycles. The zero-order valence-corrected chi connectivity index (χ0v) is 19.5. The van der Waals surface area contributed by atoms with Crippen LogP contribution < -0.4 is 15.6 Å². The maximum atomic E-state index is 12.7. The van der Waals surface area contributed by atoms with Crippen LogP contribution in [0.1, 0.15) is 30.0 Å². The van der Waals surface area contributed by atoms with Gasteiger partial charge in [-0.15, -0.1) is 11.3 Å². The Morgan fingerprint density at radius 1 is 1.18 bits per heavy atom. The molecule has 1 aromatic carbocycles. The number of carbonyl (C=O) groups excluding carboxylic acids is 1. The van der Waals surface area contributed by atoms with Crippen LogP contribution in [-0.2, 0) is 17.8 Å². The molecule has 0 saturated carbocycles. The predicted molar refractivity (Wildman–Crippen MR) is 126 cm³/mol. The lowest BCUT2D eigenvalue weighted by Gasteiger charge is -2.34. The first-order valence-electron chi connectivity index (χ1n) is 10.9. The third kappa shape index (κ3) is 6.47. The van der Waals surface area contributed by atoms with Gasteiger partial charge in [0.05, 0.1) is 24.4 Å². The summed E-state index contributed by atoms with van der Waals surface area (Å²) in [6.07, 6.45) is 0.373. The van der Waals surface area contributed by atoms with Crippen molar-refractivity contribution in [2.24, 2.45) is 0 Å². The van der Waals surface area contributed by atoms with Gasteiger partial charge in [0, 0.05) is 31.1 Å². The molecule has 3 aromatic rings. The highest BCUT2D eigenvalue weighted by molar-refractivity contribution is 7.13. The van der Waals surface area contributed by atoms with Crippen LogP contribution in [0.5, 0.6) is 5.75 Å². The van der Waals surface area contributed by atoms with E-state index in [9.17, 15) is 9.59 Å². The molecule has 33 heavy (non-hydrogen) atoms. The third-order valence-corrected chi connectivity index (χ3v) is 5.87. The number of anilines is 1. The maximum absolute atomic E-state index is 12.7. The van der Waals surface area contributed by atoms with E-state index >= 15 is 0 Å². The number of benzene rings is 1. The number of carbonyl (C=O) groups is 1. The molecule has 0 bridgehead atoms. The SMILES string of the molecule is C[C@H]1CN(Cc2csc(NC(=O)c3ccc(=O)n(CCOc4ccccc4)n3)n2)C[C@H](C)O1. The van der Waals surface area contributed by atoms with Crippen molar-refractivity contribution in [1.82, 2.24) is 19.7 Å². The number of thiazole rings is 1. The first-order valence-corrected chi connectivity index (χ1v) is 11.7. The molecule has 1 N–H and O–H groups in total. The second-order valence-electron chi connectivity index (χ2n) is 7.99. The summed E-state index contributed by atoms with van der Waals surface area (Å²) in [4.78, 5) is 31.6. The maximum Gasteiger partial charge on any atom is 0.277 e. The Balaban J connectivity index is 1.34. The van der Waals surface area contributed by atoms with E-state index in [0.717, 1.165) is 18.8 Å². The molecule has 174 valence electrons. The summed E-state index contributed by atoms with van der Waals surface area (Å²) in [5, 5.41) is 9.40. The van der Waals surface area contributed by atoms with Crippen molar-refractivity contribution in [3.8, 4) is 5.75 Å². The molecule has 10 heteroatoms. The monoisotopic (exact) mass is 469 g/mol. The Hall–Kier alpha value is -3.08. The largest absolute Gasteiger partial charge is 0.492 e. The molecule has 1 saturated heterocycles. The van der Waals surface area contributed by atoms with E-state index in [-0.39, 0.29) is 36.6 Å². The molecule has 0 unspecified atom stereocenters. The number of amides is 1. The van der Waals surface area contributed by atoms with Crippen LogP contribution in [-0.4, -0.2) is 57.5 Å². The van der Waals surface area contributed by atoms with Crippen molar-refractivity contribution >= 4 is 22.4 Å². The van der Waals surface area contributed by atoms with E-state index in [4.69, 9.17) is 9.47 Å². The topological polar surface area (TPSA) is 98.6 Å². The number of morpholine rings is 1. The van der Waals surface area contributed by atoms with Crippen LogP contribution in [0.25, 0.3) is 0 Å². The molecule has 0 spiro atoms. The number of nitrogens with one attached hydrogen (secondary N) is 1. The van der Waals surface area contributed by atoms with E-state index < -0.39 is 5.91 Å². The lowest BCUT2D eigenvalue weighted by molar-refractivity contribution is -0.0707. The molecular formula is C23H27N5O4S. The van der Waals surface area contributed by atoms with Crippen molar-refractivity contribution in [3.63, 3.8) is 0 Å². The van der Waals surface area contributed by atoms with E-state index in [1.807, 2.05) is 35.7 Å². The lowest BCUT2D eigenvalue weighted by Crippen LogP contribution is -2.44. The first-order chi connectivity index (χ1) is 16.0. The Morgan fingerprint density at radius 2 is 1.94 bits per heavy atom. The molecule has 1 amide bonds. The fourth-order valence-corrected chi connectivity index (χ4v) is 4.43. The second kappa shape index (κ2) is 10.7. The number of hydrogen-bond donors (Lipinski definition) is 1. The smallest absolute Gasteiger partial charge is 0.277 e. The van der Waals surface area contributed by atoms with Crippen LogP contribution in [0.4, 0.5) is 5.13 Å². The Labute approximate surface area is 196 Å². The number of hydrogen-bond acceptors (Lipinski definition) is 8. The zero-order valence-electron chi connectivity index (χ0n) is 18.6. The zero-order chi connectivity index (χ0) is 23.2. The minimum absolute atomic E-state index is 0.141. The number of ether oxygens (including phenoxy) is 2. The Morgan fingerprint density at radius 3 is 2.70 bits per heavy atom. The number of nitrogens with zero attached hydrogens (tertiary/aromatic N) is 4. The highest BCUT2D eigenvalue weighted by Crippen LogP contribution is 2.19. The van der Waals surface area contributed by atoms with Gasteiger partial charge in [0.15, 0.2) is 5.13 Å². The van der Waals surface area contributed by atoms with Crippen molar-refractivity contribution in [1.29, 1.82) is 0 Å². The molecule has 0 aliphatic carbocycles. The molecule has 1 aliphatic rings. The van der Waals surface area contributed by atoms with Crippen molar-refractivity contribution in [3.05, 3.63) is 69.6 Å². The van der Waals surface area contributed by atoms with Crippen molar-refractivity contribution in [2.45, 2.75) is 39.1 Å². The van der Waals surface area contributed by atoms with E-state index in [1.54, 1.807) is 0 Å². The molecular weight excluding hydrogens is 442 g/mol. The van der Waals surface area contributed by atoms with Crippen LogP contribution in [0.2, 0.25) is 0 Å². The molecule has 9 nitrogen and oxygen atoms in total. The molecule has 2 atom stereocenters. The van der Waals surface area contributed by atoms with Gasteiger partial charge in [0.2, 0.25) is 0 Å².